The van der Waals surface area contributed by atoms with Crippen molar-refractivity contribution in [3.8, 4) is 0 Å². The summed E-state index contributed by atoms with van der Waals surface area (Å²) < 4.78 is 6.81. The van der Waals surface area contributed by atoms with Crippen LogP contribution in [-0.2, 0) is 4.74 Å². The monoisotopic (exact) mass is 424 g/mol. The van der Waals surface area contributed by atoms with Crippen LogP contribution in [0.4, 0.5) is 0 Å². The van der Waals surface area contributed by atoms with Crippen LogP contribution in [0.1, 0.15) is 46.4 Å². The van der Waals surface area contributed by atoms with Crippen molar-refractivity contribution in [2.45, 2.75) is 75.8 Å². The van der Waals surface area contributed by atoms with Crippen molar-refractivity contribution in [1.29, 1.82) is 0 Å². The number of allylic oxidation sites excluding steroid dienone is 1. The molecule has 3 nitrogen and oxygen atoms in total. The van der Waals surface area contributed by atoms with Gasteiger partial charge in [0.15, 0.2) is 11.4 Å². The van der Waals surface area contributed by atoms with E-state index in [0.717, 1.165) is 18.4 Å². The van der Waals surface area contributed by atoms with E-state index in [0.29, 0.717) is 23.0 Å². The normalized spacial score (nSPS) is 36.2. The van der Waals surface area contributed by atoms with E-state index in [-0.39, 0.29) is 11.6 Å². The molecule has 1 heterocycles. The molecule has 1 spiro atoms. The molecule has 1 saturated carbocycles. The van der Waals surface area contributed by atoms with Crippen molar-refractivity contribution >= 4 is 27.7 Å². The molecule has 5 heteroatoms. The van der Waals surface area contributed by atoms with Crippen molar-refractivity contribution < 1.29 is 14.3 Å². The van der Waals surface area contributed by atoms with Gasteiger partial charge in [0.2, 0.25) is 5.78 Å². The Kier molecular flexibility index (Phi) is 3.85. The molecule has 0 radical (unpaired) electrons. The zero-order valence-electron chi connectivity index (χ0n) is 18.5. The average molecular weight is 425 g/mol. The van der Waals surface area contributed by atoms with Gasteiger partial charge in [0.1, 0.15) is 5.22 Å². The van der Waals surface area contributed by atoms with Crippen molar-refractivity contribution in [2.75, 3.05) is 0 Å². The van der Waals surface area contributed by atoms with Crippen LogP contribution in [0.2, 0.25) is 39.3 Å². The molecular weight excluding hydrogens is 392 g/mol. The van der Waals surface area contributed by atoms with E-state index < -0.39 is 27.0 Å². The summed E-state index contributed by atoms with van der Waals surface area (Å²) in [5, 5.41) is 0.922. The quantitative estimate of drug-likeness (QED) is 0.469. The largest absolute Gasteiger partial charge is 0.352 e. The number of Topliss-reactive ketones (excluding diaryl/α,β-unsaturated/α-hetero) is 2. The third-order valence-electron chi connectivity index (χ3n) is 7.96. The van der Waals surface area contributed by atoms with E-state index >= 15 is 0 Å². The van der Waals surface area contributed by atoms with Gasteiger partial charge in [-0.1, -0.05) is 81.6 Å². The number of hydrogen-bond donors (Lipinski definition) is 0. The smallest absolute Gasteiger partial charge is 0.202 e. The van der Waals surface area contributed by atoms with Gasteiger partial charge in [0.05, 0.1) is 16.1 Å². The van der Waals surface area contributed by atoms with E-state index in [1.54, 1.807) is 0 Å². The summed E-state index contributed by atoms with van der Waals surface area (Å²) >= 11 is 0. The predicted molar refractivity (Wildman–Crippen MR) is 121 cm³/mol. The topological polar surface area (TPSA) is 46.7 Å². The number of hydrogen-bond acceptors (Lipinski definition) is 3. The SMILES string of the molecule is C[Si](C)(C)C1=C2C(=O)c3ccccc3C(=O)[C@]23O[C@]3([Si](C)(C)C)[C@H]2CCCC[C@@H]12. The molecular formula is C24H32O3Si2. The molecule has 154 valence electrons. The summed E-state index contributed by atoms with van der Waals surface area (Å²) in [4.78, 5) is 28.1. The van der Waals surface area contributed by atoms with Gasteiger partial charge < -0.3 is 4.74 Å². The second-order valence-corrected chi connectivity index (χ2v) is 21.8. The van der Waals surface area contributed by atoms with Crippen molar-refractivity contribution in [1.82, 2.24) is 0 Å². The molecule has 29 heavy (non-hydrogen) atoms. The van der Waals surface area contributed by atoms with Gasteiger partial charge in [-0.25, -0.2) is 0 Å². The lowest BCUT2D eigenvalue weighted by atomic mass is 9.63. The molecule has 0 N–H and O–H groups in total. The molecule has 0 unspecified atom stereocenters. The summed E-state index contributed by atoms with van der Waals surface area (Å²) in [5.41, 5.74) is 0.941. The molecule has 2 fully saturated rings. The first-order valence-electron chi connectivity index (χ1n) is 11.1. The minimum Gasteiger partial charge on any atom is -0.352 e. The summed E-state index contributed by atoms with van der Waals surface area (Å²) in [7, 11) is -3.76. The zero-order valence-corrected chi connectivity index (χ0v) is 20.5. The Labute approximate surface area is 175 Å². The Morgan fingerprint density at radius 2 is 1.55 bits per heavy atom. The van der Waals surface area contributed by atoms with Gasteiger partial charge in [0.25, 0.3) is 0 Å². The summed E-state index contributed by atoms with van der Waals surface area (Å²) in [5.74, 6) is 0.928. The standard InChI is InChI=1S/C24H32O3Si2/c1-28(2,3)21-17-13-9-10-14-18(17)24(29(4,5)6)23(27-24)19(21)20(25)15-11-7-8-12-16(15)22(23)26/h7-8,11-12,17-18H,9-10,13-14H2,1-6H3/t17-,18+,23-,24+/m1/s1. The number of epoxide rings is 1. The molecule has 3 aliphatic carbocycles. The highest BCUT2D eigenvalue weighted by molar-refractivity contribution is 6.84. The van der Waals surface area contributed by atoms with Crippen LogP contribution in [0.25, 0.3) is 0 Å². The molecule has 0 amide bonds. The molecule has 4 atom stereocenters. The minimum atomic E-state index is -1.93. The molecule has 4 aliphatic rings. The maximum Gasteiger partial charge on any atom is 0.202 e. The van der Waals surface area contributed by atoms with Crippen LogP contribution in [0.3, 0.4) is 0 Å². The fraction of sp³-hybridized carbons (Fsp3) is 0.583. The summed E-state index contributed by atoms with van der Waals surface area (Å²) in [6.45, 7) is 14.0. The average Bonchev–Trinajstić information content (AvgIpc) is 3.37. The number of carbonyl (C=O) groups excluding carboxylic acids is 2. The highest BCUT2D eigenvalue weighted by atomic mass is 28.3. The van der Waals surface area contributed by atoms with E-state index in [2.05, 4.69) is 39.3 Å². The molecule has 1 aromatic carbocycles. The Balaban J connectivity index is 1.90. The number of rotatable bonds is 2. The maximum atomic E-state index is 14.1. The van der Waals surface area contributed by atoms with Crippen LogP contribution in [0.5, 0.6) is 0 Å². The summed E-state index contributed by atoms with van der Waals surface area (Å²) in [6.07, 6.45) is 4.69. The highest BCUT2D eigenvalue weighted by Gasteiger charge is 2.87. The second kappa shape index (κ2) is 5.68. The maximum absolute atomic E-state index is 14.1. The highest BCUT2D eigenvalue weighted by Crippen LogP contribution is 2.72. The van der Waals surface area contributed by atoms with Crippen LogP contribution >= 0.6 is 0 Å². The first-order valence-corrected chi connectivity index (χ1v) is 18.1. The van der Waals surface area contributed by atoms with Gasteiger partial charge in [-0.05, 0) is 24.7 Å². The first kappa shape index (κ1) is 19.6. The van der Waals surface area contributed by atoms with Crippen LogP contribution in [-0.4, -0.2) is 38.5 Å². The van der Waals surface area contributed by atoms with Crippen LogP contribution in [0.15, 0.2) is 35.0 Å². The van der Waals surface area contributed by atoms with Crippen molar-refractivity contribution in [2.24, 2.45) is 11.8 Å². The van der Waals surface area contributed by atoms with E-state index in [4.69, 9.17) is 4.74 Å². The number of carbonyl (C=O) groups is 2. The summed E-state index contributed by atoms with van der Waals surface area (Å²) in [6, 6.07) is 7.42. The second-order valence-electron chi connectivity index (χ2n) is 11.5. The fourth-order valence-electron chi connectivity index (χ4n) is 7.11. The van der Waals surface area contributed by atoms with Crippen molar-refractivity contribution in [3.05, 3.63) is 46.2 Å². The molecule has 1 aromatic rings. The van der Waals surface area contributed by atoms with E-state index in [1.807, 2.05) is 24.3 Å². The Bertz CT molecular complexity index is 981. The number of fused-ring (bicyclic) bond motifs is 3. The van der Waals surface area contributed by atoms with Gasteiger partial charge in [-0.15, -0.1) is 0 Å². The lowest BCUT2D eigenvalue weighted by molar-refractivity contribution is 0.0841. The minimum absolute atomic E-state index is 0.0601. The Hall–Kier alpha value is -1.31. The molecule has 1 saturated heterocycles. The number of benzene rings is 1. The molecule has 0 bridgehead atoms. The van der Waals surface area contributed by atoms with Crippen LogP contribution in [0, 0.1) is 11.8 Å². The number of ketones is 2. The van der Waals surface area contributed by atoms with Crippen LogP contribution < -0.4 is 0 Å². The third-order valence-corrected chi connectivity index (χ3v) is 13.3. The third kappa shape index (κ3) is 2.17. The van der Waals surface area contributed by atoms with Gasteiger partial charge >= 0.3 is 0 Å². The van der Waals surface area contributed by atoms with Gasteiger partial charge in [0, 0.05) is 16.7 Å². The first-order chi connectivity index (χ1) is 13.5. The zero-order chi connectivity index (χ0) is 21.0. The molecule has 5 rings (SSSR count). The molecule has 1 aliphatic heterocycles. The number of ether oxygens (including phenoxy) is 1. The lowest BCUT2D eigenvalue weighted by Crippen LogP contribution is -2.63. The van der Waals surface area contributed by atoms with E-state index in [1.165, 1.54) is 18.0 Å². The predicted octanol–water partition coefficient (Wildman–Crippen LogP) is 5.44. The Morgan fingerprint density at radius 1 is 0.931 bits per heavy atom. The molecule has 0 aromatic heterocycles. The van der Waals surface area contributed by atoms with Crippen molar-refractivity contribution in [3.63, 3.8) is 0 Å². The fourth-order valence-corrected chi connectivity index (χ4v) is 12.8. The van der Waals surface area contributed by atoms with Gasteiger partial charge in [-0.2, -0.15) is 0 Å². The Morgan fingerprint density at radius 3 is 2.17 bits per heavy atom. The van der Waals surface area contributed by atoms with Gasteiger partial charge in [-0.3, -0.25) is 9.59 Å². The lowest BCUT2D eigenvalue weighted by Gasteiger charge is -2.50. The van der Waals surface area contributed by atoms with E-state index in [9.17, 15) is 9.59 Å².